The van der Waals surface area contributed by atoms with Gasteiger partial charge in [-0.05, 0) is 43.0 Å². The Morgan fingerprint density at radius 2 is 2.05 bits per heavy atom. The van der Waals surface area contributed by atoms with Gasteiger partial charge in [0.05, 0.1) is 0 Å². The summed E-state index contributed by atoms with van der Waals surface area (Å²) in [4.78, 5) is 26.0. The predicted octanol–water partition coefficient (Wildman–Crippen LogP) is 2.12. The maximum absolute atomic E-state index is 12.1. The molecule has 2 amide bonds. The van der Waals surface area contributed by atoms with Crippen molar-refractivity contribution in [3.8, 4) is 0 Å². The summed E-state index contributed by atoms with van der Waals surface area (Å²) in [6.45, 7) is 4.55. The number of rotatable bonds is 3. The van der Waals surface area contributed by atoms with E-state index in [1.807, 2.05) is 36.9 Å². The highest BCUT2D eigenvalue weighted by Gasteiger charge is 2.28. The number of nitrogens with one attached hydrogen (secondary N) is 1. The average Bonchev–Trinajstić information content (AvgIpc) is 3.14. The lowest BCUT2D eigenvalue weighted by molar-refractivity contribution is -0.121. The quantitative estimate of drug-likeness (QED) is 0.916. The average molecular weight is 272 g/mol. The maximum atomic E-state index is 12.1. The van der Waals surface area contributed by atoms with Gasteiger partial charge >= 0.3 is 0 Å². The molecule has 2 aliphatic rings. The first-order chi connectivity index (χ1) is 9.56. The molecule has 4 heteroatoms. The van der Waals surface area contributed by atoms with Crippen LogP contribution in [-0.4, -0.2) is 24.4 Å². The molecular weight excluding hydrogens is 252 g/mol. The van der Waals surface area contributed by atoms with Gasteiger partial charge in [0.1, 0.15) is 0 Å². The SMILES string of the molecule is CC(C)C(=O)N1CCc2cc(C(=O)NC3CC3)ccc21. The molecule has 1 aromatic carbocycles. The van der Waals surface area contributed by atoms with Crippen molar-refractivity contribution in [3.05, 3.63) is 29.3 Å². The molecule has 1 aliphatic carbocycles. The van der Waals surface area contributed by atoms with Crippen molar-refractivity contribution in [1.29, 1.82) is 0 Å². The minimum Gasteiger partial charge on any atom is -0.349 e. The number of fused-ring (bicyclic) bond motifs is 1. The van der Waals surface area contributed by atoms with Gasteiger partial charge in [0.25, 0.3) is 5.91 Å². The fourth-order valence-electron chi connectivity index (χ4n) is 2.58. The van der Waals surface area contributed by atoms with Gasteiger partial charge in [-0.1, -0.05) is 13.8 Å². The minimum absolute atomic E-state index is 0.00112. The number of benzene rings is 1. The summed E-state index contributed by atoms with van der Waals surface area (Å²) in [7, 11) is 0. The van der Waals surface area contributed by atoms with Gasteiger partial charge in [0.2, 0.25) is 5.91 Å². The molecule has 1 N–H and O–H groups in total. The Kier molecular flexibility index (Phi) is 3.24. The fraction of sp³-hybridized carbons (Fsp3) is 0.500. The third-order valence-corrected chi connectivity index (χ3v) is 3.91. The molecule has 0 saturated heterocycles. The Morgan fingerprint density at radius 3 is 2.70 bits per heavy atom. The van der Waals surface area contributed by atoms with Crippen molar-refractivity contribution in [2.24, 2.45) is 5.92 Å². The van der Waals surface area contributed by atoms with Crippen molar-refractivity contribution in [1.82, 2.24) is 5.32 Å². The Balaban J connectivity index is 1.80. The molecule has 1 heterocycles. The van der Waals surface area contributed by atoms with Gasteiger partial charge in [-0.3, -0.25) is 9.59 Å². The first kappa shape index (κ1) is 13.2. The molecule has 1 aliphatic heterocycles. The number of carbonyl (C=O) groups is 2. The lowest BCUT2D eigenvalue weighted by Crippen LogP contribution is -2.32. The smallest absolute Gasteiger partial charge is 0.251 e. The summed E-state index contributed by atoms with van der Waals surface area (Å²) in [6.07, 6.45) is 3.01. The van der Waals surface area contributed by atoms with Gasteiger partial charge in [0, 0.05) is 29.8 Å². The first-order valence-corrected chi connectivity index (χ1v) is 7.31. The van der Waals surface area contributed by atoms with E-state index in [-0.39, 0.29) is 17.7 Å². The number of hydrogen-bond donors (Lipinski definition) is 1. The van der Waals surface area contributed by atoms with Gasteiger partial charge in [-0.2, -0.15) is 0 Å². The molecule has 4 nitrogen and oxygen atoms in total. The van der Waals surface area contributed by atoms with Crippen LogP contribution < -0.4 is 10.2 Å². The lowest BCUT2D eigenvalue weighted by Gasteiger charge is -2.19. The molecule has 0 aromatic heterocycles. The van der Waals surface area contributed by atoms with Crippen LogP contribution in [0, 0.1) is 5.92 Å². The maximum Gasteiger partial charge on any atom is 0.251 e. The molecule has 0 unspecified atom stereocenters. The predicted molar refractivity (Wildman–Crippen MR) is 77.8 cm³/mol. The summed E-state index contributed by atoms with van der Waals surface area (Å²) in [5.41, 5.74) is 2.77. The number of nitrogens with zero attached hydrogens (tertiary/aromatic N) is 1. The molecule has 3 rings (SSSR count). The zero-order chi connectivity index (χ0) is 14.3. The second-order valence-corrected chi connectivity index (χ2v) is 5.99. The molecule has 0 radical (unpaired) electrons. The first-order valence-electron chi connectivity index (χ1n) is 7.31. The molecular formula is C16H20N2O2. The van der Waals surface area contributed by atoms with E-state index in [0.29, 0.717) is 11.6 Å². The van der Waals surface area contributed by atoms with E-state index in [1.54, 1.807) is 0 Å². The number of amides is 2. The highest BCUT2D eigenvalue weighted by Crippen LogP contribution is 2.30. The van der Waals surface area contributed by atoms with Crippen LogP contribution in [0.2, 0.25) is 0 Å². The molecule has 1 fully saturated rings. The third-order valence-electron chi connectivity index (χ3n) is 3.91. The van der Waals surface area contributed by atoms with E-state index < -0.39 is 0 Å². The van der Waals surface area contributed by atoms with Crippen LogP contribution in [0.25, 0.3) is 0 Å². The highest BCUT2D eigenvalue weighted by molar-refractivity contribution is 5.99. The number of hydrogen-bond acceptors (Lipinski definition) is 2. The Hall–Kier alpha value is -1.84. The second kappa shape index (κ2) is 4.93. The zero-order valence-electron chi connectivity index (χ0n) is 12.0. The molecule has 0 spiro atoms. The zero-order valence-corrected chi connectivity index (χ0v) is 12.0. The summed E-state index contributed by atoms with van der Waals surface area (Å²) >= 11 is 0. The third kappa shape index (κ3) is 2.42. The summed E-state index contributed by atoms with van der Waals surface area (Å²) in [5.74, 6) is 0.154. The molecule has 1 saturated carbocycles. The Labute approximate surface area is 119 Å². The van der Waals surface area contributed by atoms with E-state index in [0.717, 1.165) is 37.1 Å². The van der Waals surface area contributed by atoms with Crippen LogP contribution in [0.15, 0.2) is 18.2 Å². The van der Waals surface area contributed by atoms with Crippen LogP contribution in [-0.2, 0) is 11.2 Å². The van der Waals surface area contributed by atoms with E-state index >= 15 is 0 Å². The van der Waals surface area contributed by atoms with E-state index in [2.05, 4.69) is 5.32 Å². The van der Waals surface area contributed by atoms with Crippen molar-refractivity contribution < 1.29 is 9.59 Å². The van der Waals surface area contributed by atoms with Crippen molar-refractivity contribution in [2.75, 3.05) is 11.4 Å². The second-order valence-electron chi connectivity index (χ2n) is 5.99. The topological polar surface area (TPSA) is 49.4 Å². The molecule has 20 heavy (non-hydrogen) atoms. The van der Waals surface area contributed by atoms with Crippen LogP contribution in [0.3, 0.4) is 0 Å². The standard InChI is InChI=1S/C16H20N2O2/c1-10(2)16(20)18-8-7-11-9-12(3-6-14(11)18)15(19)17-13-4-5-13/h3,6,9-10,13H,4-5,7-8H2,1-2H3,(H,17,19). The molecule has 1 aromatic rings. The molecule has 0 atom stereocenters. The van der Waals surface area contributed by atoms with Gasteiger partial charge < -0.3 is 10.2 Å². The van der Waals surface area contributed by atoms with Crippen LogP contribution in [0.1, 0.15) is 42.6 Å². The fourth-order valence-corrected chi connectivity index (χ4v) is 2.58. The summed E-state index contributed by atoms with van der Waals surface area (Å²) < 4.78 is 0. The van der Waals surface area contributed by atoms with Crippen molar-refractivity contribution in [2.45, 2.75) is 39.2 Å². The van der Waals surface area contributed by atoms with Gasteiger partial charge in [0.15, 0.2) is 0 Å². The van der Waals surface area contributed by atoms with Gasteiger partial charge in [-0.15, -0.1) is 0 Å². The molecule has 0 bridgehead atoms. The minimum atomic E-state index is -0.00112. The number of anilines is 1. The van der Waals surface area contributed by atoms with Crippen molar-refractivity contribution in [3.63, 3.8) is 0 Å². The van der Waals surface area contributed by atoms with E-state index in [4.69, 9.17) is 0 Å². The molecule has 106 valence electrons. The van der Waals surface area contributed by atoms with E-state index in [9.17, 15) is 9.59 Å². The van der Waals surface area contributed by atoms with Gasteiger partial charge in [-0.25, -0.2) is 0 Å². The van der Waals surface area contributed by atoms with Crippen molar-refractivity contribution >= 4 is 17.5 Å². The van der Waals surface area contributed by atoms with Crippen LogP contribution in [0.4, 0.5) is 5.69 Å². The summed E-state index contributed by atoms with van der Waals surface area (Å²) in [5, 5.41) is 2.99. The highest BCUT2D eigenvalue weighted by atomic mass is 16.2. The monoisotopic (exact) mass is 272 g/mol. The largest absolute Gasteiger partial charge is 0.349 e. The Morgan fingerprint density at radius 1 is 1.30 bits per heavy atom. The van der Waals surface area contributed by atoms with Crippen LogP contribution in [0.5, 0.6) is 0 Å². The van der Waals surface area contributed by atoms with E-state index in [1.165, 1.54) is 0 Å². The summed E-state index contributed by atoms with van der Waals surface area (Å²) in [6, 6.07) is 6.03. The number of carbonyl (C=O) groups excluding carboxylic acids is 2. The lowest BCUT2D eigenvalue weighted by atomic mass is 10.1. The normalized spacial score (nSPS) is 17.2. The Bertz CT molecular complexity index is 562. The van der Waals surface area contributed by atoms with Crippen LogP contribution >= 0.6 is 0 Å².